The molecular formula is C74H132O6. The van der Waals surface area contributed by atoms with E-state index in [-0.39, 0.29) is 31.1 Å². The third kappa shape index (κ3) is 65.7. The Bertz CT molecular complexity index is 1470. The Balaban J connectivity index is 4.32. The molecule has 1 atom stereocenters. The third-order valence-electron chi connectivity index (χ3n) is 15.4. The van der Waals surface area contributed by atoms with Crippen molar-refractivity contribution in [2.24, 2.45) is 0 Å². The van der Waals surface area contributed by atoms with Crippen LogP contribution in [0.5, 0.6) is 0 Å². The van der Waals surface area contributed by atoms with Gasteiger partial charge in [-0.05, 0) is 116 Å². The standard InChI is InChI=1S/C74H132O6/c1-4-7-10-13-16-19-22-25-28-30-32-34-36-37-39-40-42-44-46-49-52-55-58-61-64-67-73(76)79-70-71(69-78-72(75)66-63-60-57-54-51-48-27-24-21-18-15-12-9-6-3)80-74(77)68-65-62-59-56-53-50-47-45-43-41-38-35-33-31-29-26-23-20-17-14-11-8-5-2/h22-27,30-33,38,41,71H,4-21,28-29,34-37,39-40,42-70H2,1-3H3/b25-22-,26-23-,27-24-,32-30-,33-31-,41-38-. The molecule has 0 bridgehead atoms. The maximum atomic E-state index is 13.0. The second-order valence-electron chi connectivity index (χ2n) is 23.4. The van der Waals surface area contributed by atoms with Crippen LogP contribution in [0.15, 0.2) is 72.9 Å². The number of allylic oxidation sites excluding steroid dienone is 12. The van der Waals surface area contributed by atoms with Crippen LogP contribution in [0.25, 0.3) is 0 Å². The van der Waals surface area contributed by atoms with Crippen LogP contribution in [-0.4, -0.2) is 37.2 Å². The van der Waals surface area contributed by atoms with Gasteiger partial charge in [0.25, 0.3) is 0 Å². The van der Waals surface area contributed by atoms with Gasteiger partial charge in [-0.3, -0.25) is 14.4 Å². The van der Waals surface area contributed by atoms with Crippen LogP contribution in [-0.2, 0) is 28.6 Å². The first-order valence-corrected chi connectivity index (χ1v) is 34.9. The second-order valence-corrected chi connectivity index (χ2v) is 23.4. The summed E-state index contributed by atoms with van der Waals surface area (Å²) in [5.74, 6) is -0.878. The van der Waals surface area contributed by atoms with E-state index in [1.165, 1.54) is 231 Å². The largest absolute Gasteiger partial charge is 0.462 e. The van der Waals surface area contributed by atoms with Crippen molar-refractivity contribution in [2.45, 2.75) is 367 Å². The molecule has 0 aliphatic heterocycles. The van der Waals surface area contributed by atoms with Gasteiger partial charge in [-0.2, -0.15) is 0 Å². The zero-order valence-corrected chi connectivity index (χ0v) is 53.3. The minimum absolute atomic E-state index is 0.0794. The van der Waals surface area contributed by atoms with Crippen LogP contribution >= 0.6 is 0 Å². The topological polar surface area (TPSA) is 78.9 Å². The second kappa shape index (κ2) is 68.3. The fourth-order valence-electron chi connectivity index (χ4n) is 10.1. The molecule has 0 aliphatic rings. The molecule has 0 amide bonds. The zero-order chi connectivity index (χ0) is 57.8. The highest BCUT2D eigenvalue weighted by Gasteiger charge is 2.19. The van der Waals surface area contributed by atoms with E-state index in [0.29, 0.717) is 19.3 Å². The van der Waals surface area contributed by atoms with Crippen LogP contribution in [0.2, 0.25) is 0 Å². The lowest BCUT2D eigenvalue weighted by atomic mass is 10.0. The van der Waals surface area contributed by atoms with Crippen molar-refractivity contribution in [2.75, 3.05) is 13.2 Å². The molecule has 0 aromatic carbocycles. The van der Waals surface area contributed by atoms with Gasteiger partial charge < -0.3 is 14.2 Å². The summed E-state index contributed by atoms with van der Waals surface area (Å²) in [4.78, 5) is 38.4. The Morgan fingerprint density at radius 2 is 0.450 bits per heavy atom. The number of unbranched alkanes of at least 4 members (excludes halogenated alkanes) is 41. The average molecular weight is 1120 g/mol. The van der Waals surface area contributed by atoms with Gasteiger partial charge >= 0.3 is 17.9 Å². The molecule has 0 spiro atoms. The van der Waals surface area contributed by atoms with Crippen molar-refractivity contribution >= 4 is 17.9 Å². The summed E-state index contributed by atoms with van der Waals surface area (Å²) in [5, 5.41) is 0. The van der Waals surface area contributed by atoms with Crippen LogP contribution in [0, 0.1) is 0 Å². The SMILES string of the molecule is CCCCCCC/C=C\C/C=C\C/C=C\CCCCCCCCCCC(=O)OC(COC(=O)CCCCCCC/C=C\CCCCCCC)COC(=O)CCCCCCCCCCCCCCC/C=C\C/C=C\CCCCCCC. The predicted octanol–water partition coefficient (Wildman–Crippen LogP) is 24.1. The minimum atomic E-state index is -0.785. The Morgan fingerprint density at radius 1 is 0.250 bits per heavy atom. The fourth-order valence-corrected chi connectivity index (χ4v) is 10.1. The van der Waals surface area contributed by atoms with E-state index in [9.17, 15) is 14.4 Å². The zero-order valence-electron chi connectivity index (χ0n) is 53.3. The van der Waals surface area contributed by atoms with Crippen molar-refractivity contribution < 1.29 is 28.6 Å². The van der Waals surface area contributed by atoms with Gasteiger partial charge in [-0.1, -0.05) is 299 Å². The molecule has 0 rings (SSSR count). The minimum Gasteiger partial charge on any atom is -0.462 e. The van der Waals surface area contributed by atoms with Crippen LogP contribution in [0.3, 0.4) is 0 Å². The Kier molecular flexibility index (Phi) is 65.7. The summed E-state index contributed by atoms with van der Waals surface area (Å²) in [5.41, 5.74) is 0. The molecule has 0 fully saturated rings. The van der Waals surface area contributed by atoms with Gasteiger partial charge in [0.2, 0.25) is 0 Å². The molecule has 0 saturated heterocycles. The molecule has 1 unspecified atom stereocenters. The maximum Gasteiger partial charge on any atom is 0.306 e. The van der Waals surface area contributed by atoms with Crippen molar-refractivity contribution in [1.82, 2.24) is 0 Å². The Morgan fingerprint density at radius 3 is 0.713 bits per heavy atom. The van der Waals surface area contributed by atoms with Crippen molar-refractivity contribution in [1.29, 1.82) is 0 Å². The molecule has 0 saturated carbocycles. The number of rotatable bonds is 64. The summed E-state index contributed by atoms with van der Waals surface area (Å²) in [6.45, 7) is 6.64. The number of ether oxygens (including phenoxy) is 3. The molecule has 0 radical (unpaired) electrons. The summed E-state index contributed by atoms with van der Waals surface area (Å²) >= 11 is 0. The highest BCUT2D eigenvalue weighted by Crippen LogP contribution is 2.17. The Labute approximate surface area is 497 Å². The smallest absolute Gasteiger partial charge is 0.306 e. The number of hydrogen-bond acceptors (Lipinski definition) is 6. The molecule has 0 heterocycles. The summed E-state index contributed by atoms with van der Waals surface area (Å²) in [6.07, 6.45) is 89.2. The molecule has 0 N–H and O–H groups in total. The molecule has 0 aromatic heterocycles. The lowest BCUT2D eigenvalue weighted by Crippen LogP contribution is -2.30. The van der Waals surface area contributed by atoms with Gasteiger partial charge in [0, 0.05) is 19.3 Å². The molecule has 6 nitrogen and oxygen atoms in total. The first kappa shape index (κ1) is 76.9. The first-order valence-electron chi connectivity index (χ1n) is 34.9. The lowest BCUT2D eigenvalue weighted by Gasteiger charge is -2.18. The fraction of sp³-hybridized carbons (Fsp3) is 0.797. The van der Waals surface area contributed by atoms with Crippen LogP contribution < -0.4 is 0 Å². The lowest BCUT2D eigenvalue weighted by molar-refractivity contribution is -0.167. The highest BCUT2D eigenvalue weighted by molar-refractivity contribution is 5.71. The van der Waals surface area contributed by atoms with E-state index in [2.05, 4.69) is 93.7 Å². The number of carbonyl (C=O) groups excluding carboxylic acids is 3. The highest BCUT2D eigenvalue weighted by atomic mass is 16.6. The van der Waals surface area contributed by atoms with Gasteiger partial charge in [-0.25, -0.2) is 0 Å². The average Bonchev–Trinajstić information content (AvgIpc) is 3.46. The molecule has 80 heavy (non-hydrogen) atoms. The number of esters is 3. The van der Waals surface area contributed by atoms with Gasteiger partial charge in [0.15, 0.2) is 6.10 Å². The Hall–Kier alpha value is -3.15. The van der Waals surface area contributed by atoms with Crippen molar-refractivity contribution in [3.63, 3.8) is 0 Å². The maximum absolute atomic E-state index is 13.0. The van der Waals surface area contributed by atoms with Gasteiger partial charge in [-0.15, -0.1) is 0 Å². The summed E-state index contributed by atoms with van der Waals surface area (Å²) in [7, 11) is 0. The van der Waals surface area contributed by atoms with Gasteiger partial charge in [0.1, 0.15) is 13.2 Å². The number of hydrogen-bond donors (Lipinski definition) is 0. The van der Waals surface area contributed by atoms with E-state index >= 15 is 0 Å². The van der Waals surface area contributed by atoms with E-state index < -0.39 is 6.10 Å². The van der Waals surface area contributed by atoms with Crippen molar-refractivity contribution in [3.8, 4) is 0 Å². The monoisotopic (exact) mass is 1120 g/mol. The van der Waals surface area contributed by atoms with E-state index in [0.717, 1.165) is 89.9 Å². The van der Waals surface area contributed by atoms with Crippen LogP contribution in [0.4, 0.5) is 0 Å². The molecule has 0 aromatic rings. The molecule has 6 heteroatoms. The van der Waals surface area contributed by atoms with Gasteiger partial charge in [0.05, 0.1) is 0 Å². The third-order valence-corrected chi connectivity index (χ3v) is 15.4. The van der Waals surface area contributed by atoms with Crippen molar-refractivity contribution in [3.05, 3.63) is 72.9 Å². The number of carbonyl (C=O) groups is 3. The normalized spacial score (nSPS) is 12.5. The van der Waals surface area contributed by atoms with E-state index in [1.54, 1.807) is 0 Å². The quantitative estimate of drug-likeness (QED) is 0.0261. The summed E-state index contributed by atoms with van der Waals surface area (Å²) < 4.78 is 17.0. The first-order chi connectivity index (χ1) is 39.5. The van der Waals surface area contributed by atoms with E-state index in [4.69, 9.17) is 14.2 Å². The summed E-state index contributed by atoms with van der Waals surface area (Å²) in [6, 6.07) is 0. The molecule has 464 valence electrons. The molecule has 0 aliphatic carbocycles. The van der Waals surface area contributed by atoms with Crippen LogP contribution in [0.1, 0.15) is 361 Å². The molecular weight excluding hydrogens is 985 g/mol. The predicted molar refractivity (Wildman–Crippen MR) is 348 cm³/mol. The van der Waals surface area contributed by atoms with E-state index in [1.807, 2.05) is 0 Å².